The van der Waals surface area contributed by atoms with Gasteiger partial charge in [-0.15, -0.1) is 0 Å². The predicted octanol–water partition coefficient (Wildman–Crippen LogP) is 0.241. The smallest absolute Gasteiger partial charge is 0.0652 e. The monoisotopic (exact) mass is 127 g/mol. The van der Waals surface area contributed by atoms with E-state index in [1.807, 2.05) is 7.05 Å². The van der Waals surface area contributed by atoms with Gasteiger partial charge in [-0.05, 0) is 19.4 Å². The third kappa shape index (κ3) is 0.775. The van der Waals surface area contributed by atoms with Crippen LogP contribution in [0.1, 0.15) is 6.42 Å². The highest BCUT2D eigenvalue weighted by molar-refractivity contribution is 5.02. The van der Waals surface area contributed by atoms with Gasteiger partial charge in [0.25, 0.3) is 0 Å². The highest BCUT2D eigenvalue weighted by atomic mass is 16.5. The summed E-state index contributed by atoms with van der Waals surface area (Å²) in [5, 5.41) is 3.18. The summed E-state index contributed by atoms with van der Waals surface area (Å²) >= 11 is 0. The number of fused-ring (bicyclic) bond motifs is 1. The normalized spacial score (nSPS) is 47.0. The summed E-state index contributed by atoms with van der Waals surface area (Å²) in [5.74, 6) is 1.76. The van der Waals surface area contributed by atoms with Crippen LogP contribution in [0.25, 0.3) is 0 Å². The zero-order valence-corrected chi connectivity index (χ0v) is 5.76. The second-order valence-corrected chi connectivity index (χ2v) is 3.01. The molecule has 0 amide bonds. The van der Waals surface area contributed by atoms with Crippen molar-refractivity contribution in [3.05, 3.63) is 0 Å². The lowest BCUT2D eigenvalue weighted by Crippen LogP contribution is -2.14. The Hall–Kier alpha value is -0.0800. The fourth-order valence-corrected chi connectivity index (χ4v) is 1.88. The summed E-state index contributed by atoms with van der Waals surface area (Å²) < 4.78 is 5.45. The fourth-order valence-electron chi connectivity index (χ4n) is 1.88. The molecule has 2 rings (SSSR count). The molecule has 1 saturated carbocycles. The minimum Gasteiger partial charge on any atom is -0.378 e. The highest BCUT2D eigenvalue weighted by Crippen LogP contribution is 2.48. The third-order valence-corrected chi connectivity index (χ3v) is 2.45. The van der Waals surface area contributed by atoms with E-state index in [0.29, 0.717) is 6.10 Å². The number of rotatable bonds is 2. The molecule has 0 aromatic carbocycles. The van der Waals surface area contributed by atoms with Crippen molar-refractivity contribution in [3.8, 4) is 0 Å². The van der Waals surface area contributed by atoms with Crippen LogP contribution in [0.2, 0.25) is 0 Å². The molecule has 0 spiro atoms. The average molecular weight is 127 g/mol. The molecule has 2 heteroatoms. The van der Waals surface area contributed by atoms with Gasteiger partial charge in [0, 0.05) is 19.1 Å². The first kappa shape index (κ1) is 5.69. The van der Waals surface area contributed by atoms with Crippen LogP contribution in [-0.4, -0.2) is 26.3 Å². The molecule has 1 N–H and O–H groups in total. The number of ether oxygens (including phenoxy) is 1. The lowest BCUT2D eigenvalue weighted by molar-refractivity contribution is 0.138. The fraction of sp³-hybridized carbons (Fsp3) is 1.00. The Morgan fingerprint density at radius 3 is 3.11 bits per heavy atom. The molecule has 0 aromatic rings. The highest BCUT2D eigenvalue weighted by Gasteiger charge is 2.53. The molecular formula is C7H13NO. The zero-order chi connectivity index (χ0) is 6.27. The summed E-state index contributed by atoms with van der Waals surface area (Å²) in [5.41, 5.74) is 0. The van der Waals surface area contributed by atoms with Crippen LogP contribution in [0, 0.1) is 11.8 Å². The van der Waals surface area contributed by atoms with Gasteiger partial charge in [0.2, 0.25) is 0 Å². The van der Waals surface area contributed by atoms with E-state index in [-0.39, 0.29) is 0 Å². The Bertz CT molecular complexity index is 105. The lowest BCUT2D eigenvalue weighted by atomic mass is 10.2. The van der Waals surface area contributed by atoms with Crippen molar-refractivity contribution in [1.29, 1.82) is 0 Å². The molecule has 9 heavy (non-hydrogen) atoms. The SMILES string of the molecule is CNC[C@@H]1[C@@H]2CCO[C@H]12. The molecule has 0 bridgehead atoms. The van der Waals surface area contributed by atoms with E-state index in [9.17, 15) is 0 Å². The van der Waals surface area contributed by atoms with Crippen molar-refractivity contribution in [2.75, 3.05) is 20.2 Å². The maximum atomic E-state index is 5.45. The minimum absolute atomic E-state index is 0.637. The van der Waals surface area contributed by atoms with Gasteiger partial charge in [0.1, 0.15) is 0 Å². The van der Waals surface area contributed by atoms with Gasteiger partial charge < -0.3 is 10.1 Å². The van der Waals surface area contributed by atoms with Crippen molar-refractivity contribution in [1.82, 2.24) is 5.32 Å². The van der Waals surface area contributed by atoms with Crippen molar-refractivity contribution in [2.45, 2.75) is 12.5 Å². The molecule has 1 heterocycles. The van der Waals surface area contributed by atoms with E-state index in [4.69, 9.17) is 4.74 Å². The molecule has 3 atom stereocenters. The van der Waals surface area contributed by atoms with Gasteiger partial charge >= 0.3 is 0 Å². The van der Waals surface area contributed by atoms with E-state index < -0.39 is 0 Å². The Kier molecular flexibility index (Phi) is 1.24. The van der Waals surface area contributed by atoms with Crippen LogP contribution in [0.5, 0.6) is 0 Å². The quantitative estimate of drug-likeness (QED) is 0.573. The van der Waals surface area contributed by atoms with E-state index in [1.165, 1.54) is 6.42 Å². The van der Waals surface area contributed by atoms with Gasteiger partial charge in [-0.1, -0.05) is 0 Å². The first-order valence-electron chi connectivity index (χ1n) is 3.69. The van der Waals surface area contributed by atoms with Crippen LogP contribution >= 0.6 is 0 Å². The Morgan fingerprint density at radius 1 is 1.67 bits per heavy atom. The number of nitrogens with one attached hydrogen (secondary N) is 1. The van der Waals surface area contributed by atoms with Crippen molar-refractivity contribution in [2.24, 2.45) is 11.8 Å². The Morgan fingerprint density at radius 2 is 2.56 bits per heavy atom. The molecular weight excluding hydrogens is 114 g/mol. The molecule has 1 aliphatic carbocycles. The summed E-state index contributed by atoms with van der Waals surface area (Å²) in [4.78, 5) is 0. The van der Waals surface area contributed by atoms with E-state index in [2.05, 4.69) is 5.32 Å². The molecule has 0 radical (unpaired) electrons. The molecule has 1 saturated heterocycles. The van der Waals surface area contributed by atoms with E-state index >= 15 is 0 Å². The van der Waals surface area contributed by atoms with Crippen LogP contribution in [0.4, 0.5) is 0 Å². The molecule has 2 nitrogen and oxygen atoms in total. The van der Waals surface area contributed by atoms with Gasteiger partial charge in [-0.25, -0.2) is 0 Å². The van der Waals surface area contributed by atoms with Crippen molar-refractivity contribution >= 4 is 0 Å². The Labute approximate surface area is 55.6 Å². The van der Waals surface area contributed by atoms with Gasteiger partial charge in [-0.2, -0.15) is 0 Å². The summed E-state index contributed by atoms with van der Waals surface area (Å²) in [6, 6.07) is 0. The molecule has 52 valence electrons. The van der Waals surface area contributed by atoms with Crippen molar-refractivity contribution < 1.29 is 4.74 Å². The predicted molar refractivity (Wildman–Crippen MR) is 35.3 cm³/mol. The van der Waals surface area contributed by atoms with Gasteiger partial charge in [0.05, 0.1) is 6.10 Å². The maximum absolute atomic E-state index is 5.45. The summed E-state index contributed by atoms with van der Waals surface area (Å²) in [7, 11) is 2.01. The standard InChI is InChI=1S/C7H13NO/c1-8-4-6-5-2-3-9-7(5)6/h5-8H,2-4H2,1H3/t5-,6+,7-/m0/s1. The summed E-state index contributed by atoms with van der Waals surface area (Å²) in [6.07, 6.45) is 1.94. The summed E-state index contributed by atoms with van der Waals surface area (Å²) in [6.45, 7) is 2.16. The molecule has 2 aliphatic rings. The topological polar surface area (TPSA) is 21.3 Å². The first-order valence-corrected chi connectivity index (χ1v) is 3.69. The molecule has 0 unspecified atom stereocenters. The minimum atomic E-state index is 0.637. The van der Waals surface area contributed by atoms with Crippen molar-refractivity contribution in [3.63, 3.8) is 0 Å². The van der Waals surface area contributed by atoms with Crippen LogP contribution < -0.4 is 5.32 Å². The van der Waals surface area contributed by atoms with E-state index in [1.54, 1.807) is 0 Å². The molecule has 2 fully saturated rings. The van der Waals surface area contributed by atoms with Gasteiger partial charge in [0.15, 0.2) is 0 Å². The third-order valence-electron chi connectivity index (χ3n) is 2.45. The van der Waals surface area contributed by atoms with E-state index in [0.717, 1.165) is 25.0 Å². The zero-order valence-electron chi connectivity index (χ0n) is 5.76. The van der Waals surface area contributed by atoms with Crippen LogP contribution in [0.3, 0.4) is 0 Å². The second-order valence-electron chi connectivity index (χ2n) is 3.01. The molecule has 0 aromatic heterocycles. The average Bonchev–Trinajstić information content (AvgIpc) is 2.39. The maximum Gasteiger partial charge on any atom is 0.0652 e. The molecule has 1 aliphatic heterocycles. The second kappa shape index (κ2) is 1.96. The van der Waals surface area contributed by atoms with Crippen LogP contribution in [-0.2, 0) is 4.74 Å². The lowest BCUT2D eigenvalue weighted by Gasteiger charge is -2.00. The first-order chi connectivity index (χ1) is 4.43. The number of hydrogen-bond donors (Lipinski definition) is 1. The Balaban J connectivity index is 1.81. The van der Waals surface area contributed by atoms with Crippen LogP contribution in [0.15, 0.2) is 0 Å². The van der Waals surface area contributed by atoms with Gasteiger partial charge in [-0.3, -0.25) is 0 Å². The number of hydrogen-bond acceptors (Lipinski definition) is 2. The largest absolute Gasteiger partial charge is 0.378 e.